The Kier molecular flexibility index (Phi) is 5.30. The second kappa shape index (κ2) is 7.64. The van der Waals surface area contributed by atoms with Crippen LogP contribution < -0.4 is 10.1 Å². The molecular weight excluding hydrogens is 377 g/mol. The van der Waals surface area contributed by atoms with Crippen molar-refractivity contribution in [2.24, 2.45) is 0 Å². The number of ether oxygens (including phenoxy) is 1. The van der Waals surface area contributed by atoms with Crippen LogP contribution in [0.25, 0.3) is 10.8 Å². The van der Waals surface area contributed by atoms with Crippen LogP contribution in [0.3, 0.4) is 0 Å². The Balaban J connectivity index is 1.80. The largest absolute Gasteiger partial charge is 0.482 e. The van der Waals surface area contributed by atoms with E-state index in [4.69, 9.17) is 27.9 Å². The Morgan fingerprint density at radius 2 is 1.77 bits per heavy atom. The number of nitrogens with one attached hydrogen (secondary N) is 1. The SMILES string of the molecule is O=C(COc1c(C(=O)O)ccc2ccccc12)Nc1ccc(Cl)c(Cl)c1. The van der Waals surface area contributed by atoms with E-state index in [2.05, 4.69) is 5.32 Å². The number of anilines is 1. The van der Waals surface area contributed by atoms with Gasteiger partial charge in [-0.1, -0.05) is 53.5 Å². The number of hydrogen-bond donors (Lipinski definition) is 2. The fourth-order valence-electron chi connectivity index (χ4n) is 2.48. The minimum atomic E-state index is -1.13. The molecule has 0 heterocycles. The van der Waals surface area contributed by atoms with Crippen molar-refractivity contribution >= 4 is 51.5 Å². The van der Waals surface area contributed by atoms with Gasteiger partial charge in [-0.15, -0.1) is 0 Å². The fourth-order valence-corrected chi connectivity index (χ4v) is 2.77. The van der Waals surface area contributed by atoms with Gasteiger partial charge in [-0.2, -0.15) is 0 Å². The average Bonchev–Trinajstić information content (AvgIpc) is 2.62. The monoisotopic (exact) mass is 389 g/mol. The van der Waals surface area contributed by atoms with Crippen molar-refractivity contribution in [1.29, 1.82) is 0 Å². The summed E-state index contributed by atoms with van der Waals surface area (Å²) < 4.78 is 5.55. The minimum absolute atomic E-state index is 0.00830. The van der Waals surface area contributed by atoms with Gasteiger partial charge in [-0.3, -0.25) is 4.79 Å². The van der Waals surface area contributed by atoms with Gasteiger partial charge in [0.15, 0.2) is 6.61 Å². The first-order valence-corrected chi connectivity index (χ1v) is 8.34. The van der Waals surface area contributed by atoms with Crippen LogP contribution in [-0.2, 0) is 4.79 Å². The van der Waals surface area contributed by atoms with Gasteiger partial charge in [-0.05, 0) is 29.7 Å². The summed E-state index contributed by atoms with van der Waals surface area (Å²) in [5.74, 6) is -1.43. The number of aromatic carboxylic acids is 1. The summed E-state index contributed by atoms with van der Waals surface area (Å²) in [6.45, 7) is -0.353. The van der Waals surface area contributed by atoms with E-state index >= 15 is 0 Å². The lowest BCUT2D eigenvalue weighted by Gasteiger charge is -2.12. The number of fused-ring (bicyclic) bond motifs is 1. The quantitative estimate of drug-likeness (QED) is 0.652. The molecule has 1 amide bonds. The smallest absolute Gasteiger partial charge is 0.339 e. The highest BCUT2D eigenvalue weighted by atomic mass is 35.5. The third kappa shape index (κ3) is 3.90. The maximum Gasteiger partial charge on any atom is 0.339 e. The lowest BCUT2D eigenvalue weighted by Crippen LogP contribution is -2.21. The molecule has 26 heavy (non-hydrogen) atoms. The Labute approximate surface area is 159 Å². The Morgan fingerprint density at radius 1 is 1.00 bits per heavy atom. The van der Waals surface area contributed by atoms with E-state index in [1.54, 1.807) is 30.3 Å². The molecule has 0 fully saturated rings. The van der Waals surface area contributed by atoms with Gasteiger partial charge in [-0.25, -0.2) is 4.79 Å². The zero-order valence-electron chi connectivity index (χ0n) is 13.3. The summed E-state index contributed by atoms with van der Waals surface area (Å²) in [4.78, 5) is 23.6. The predicted molar refractivity (Wildman–Crippen MR) is 101 cm³/mol. The van der Waals surface area contributed by atoms with Gasteiger partial charge < -0.3 is 15.2 Å². The van der Waals surface area contributed by atoms with Crippen LogP contribution in [0.4, 0.5) is 5.69 Å². The summed E-state index contributed by atoms with van der Waals surface area (Å²) in [5.41, 5.74) is 0.454. The van der Waals surface area contributed by atoms with Crippen molar-refractivity contribution in [3.63, 3.8) is 0 Å². The number of hydrogen-bond acceptors (Lipinski definition) is 3. The molecule has 5 nitrogen and oxygen atoms in total. The van der Waals surface area contributed by atoms with Crippen LogP contribution in [-0.4, -0.2) is 23.6 Å². The molecule has 3 aromatic carbocycles. The van der Waals surface area contributed by atoms with Gasteiger partial charge in [0.2, 0.25) is 0 Å². The number of carbonyl (C=O) groups excluding carboxylic acids is 1. The molecule has 0 spiro atoms. The topological polar surface area (TPSA) is 75.6 Å². The first-order valence-electron chi connectivity index (χ1n) is 7.58. The van der Waals surface area contributed by atoms with E-state index in [0.717, 1.165) is 5.39 Å². The molecule has 0 aliphatic rings. The van der Waals surface area contributed by atoms with Gasteiger partial charge in [0.25, 0.3) is 5.91 Å². The van der Waals surface area contributed by atoms with Crippen LogP contribution in [0.2, 0.25) is 10.0 Å². The van der Waals surface area contributed by atoms with E-state index in [1.165, 1.54) is 12.1 Å². The molecular formula is C19H13Cl2NO4. The highest BCUT2D eigenvalue weighted by molar-refractivity contribution is 6.42. The van der Waals surface area contributed by atoms with Crippen molar-refractivity contribution in [1.82, 2.24) is 0 Å². The van der Waals surface area contributed by atoms with E-state index in [1.807, 2.05) is 12.1 Å². The molecule has 0 saturated heterocycles. The van der Waals surface area contributed by atoms with Crippen LogP contribution in [0.15, 0.2) is 54.6 Å². The molecule has 132 valence electrons. The molecule has 0 aliphatic carbocycles. The molecule has 0 unspecified atom stereocenters. The number of halogens is 2. The van der Waals surface area contributed by atoms with Crippen LogP contribution in [0.5, 0.6) is 5.75 Å². The Bertz CT molecular complexity index is 1000. The summed E-state index contributed by atoms with van der Waals surface area (Å²) >= 11 is 11.7. The molecule has 0 atom stereocenters. The van der Waals surface area contributed by atoms with Crippen LogP contribution in [0.1, 0.15) is 10.4 Å². The molecule has 7 heteroatoms. The highest BCUT2D eigenvalue weighted by Gasteiger charge is 2.16. The summed E-state index contributed by atoms with van der Waals surface area (Å²) in [6.07, 6.45) is 0. The van der Waals surface area contributed by atoms with Crippen molar-refractivity contribution < 1.29 is 19.4 Å². The molecule has 0 bridgehead atoms. The van der Waals surface area contributed by atoms with Crippen molar-refractivity contribution in [2.45, 2.75) is 0 Å². The van der Waals surface area contributed by atoms with Crippen molar-refractivity contribution in [2.75, 3.05) is 11.9 Å². The Hall–Kier alpha value is -2.76. The number of rotatable bonds is 5. The normalized spacial score (nSPS) is 10.5. The first-order chi connectivity index (χ1) is 12.5. The standard InChI is InChI=1S/C19H13Cl2NO4/c20-15-8-6-12(9-16(15)21)22-17(23)10-26-18-13-4-2-1-3-11(13)5-7-14(18)19(24)25/h1-9H,10H2,(H,22,23)(H,24,25). The third-order valence-corrected chi connectivity index (χ3v) is 4.40. The van der Waals surface area contributed by atoms with Gasteiger partial charge in [0.1, 0.15) is 11.3 Å². The minimum Gasteiger partial charge on any atom is -0.482 e. The van der Waals surface area contributed by atoms with Crippen LogP contribution in [0, 0.1) is 0 Å². The molecule has 0 aromatic heterocycles. The Morgan fingerprint density at radius 3 is 2.50 bits per heavy atom. The molecule has 0 radical (unpaired) electrons. The fraction of sp³-hybridized carbons (Fsp3) is 0.0526. The van der Waals surface area contributed by atoms with E-state index < -0.39 is 11.9 Å². The number of carboxylic acid groups (broad SMARTS) is 1. The van der Waals surface area contributed by atoms with Crippen LogP contribution >= 0.6 is 23.2 Å². The van der Waals surface area contributed by atoms with E-state index in [0.29, 0.717) is 21.1 Å². The lowest BCUT2D eigenvalue weighted by atomic mass is 10.1. The molecule has 3 aromatic rings. The molecule has 0 saturated carbocycles. The maximum absolute atomic E-state index is 12.1. The van der Waals surface area contributed by atoms with E-state index in [9.17, 15) is 14.7 Å². The van der Waals surface area contributed by atoms with Crippen molar-refractivity contribution in [3.8, 4) is 5.75 Å². The van der Waals surface area contributed by atoms with Crippen molar-refractivity contribution in [3.05, 3.63) is 70.2 Å². The number of carbonyl (C=O) groups is 2. The summed E-state index contributed by atoms with van der Waals surface area (Å²) in [7, 11) is 0. The molecule has 3 rings (SSSR count). The van der Waals surface area contributed by atoms with Gasteiger partial charge in [0, 0.05) is 11.1 Å². The lowest BCUT2D eigenvalue weighted by molar-refractivity contribution is -0.118. The number of carboxylic acids is 1. The zero-order valence-corrected chi connectivity index (χ0v) is 14.8. The first kappa shape index (κ1) is 18.0. The maximum atomic E-state index is 12.1. The second-order valence-electron chi connectivity index (χ2n) is 5.43. The summed E-state index contributed by atoms with van der Waals surface area (Å²) in [6, 6.07) is 15.0. The van der Waals surface area contributed by atoms with E-state index in [-0.39, 0.29) is 17.9 Å². The van der Waals surface area contributed by atoms with Gasteiger partial charge >= 0.3 is 5.97 Å². The summed E-state index contributed by atoms with van der Waals surface area (Å²) in [5, 5.41) is 14.1. The third-order valence-electron chi connectivity index (χ3n) is 3.66. The van der Waals surface area contributed by atoms with Gasteiger partial charge in [0.05, 0.1) is 10.0 Å². The number of amides is 1. The number of benzene rings is 3. The second-order valence-corrected chi connectivity index (χ2v) is 6.25. The zero-order chi connectivity index (χ0) is 18.7. The average molecular weight is 390 g/mol. The molecule has 2 N–H and O–H groups in total. The predicted octanol–water partition coefficient (Wildman–Crippen LogP) is 4.86. The molecule has 0 aliphatic heterocycles. The highest BCUT2D eigenvalue weighted by Crippen LogP contribution is 2.30.